The fourth-order valence-electron chi connectivity index (χ4n) is 2.30. The third-order valence-corrected chi connectivity index (χ3v) is 3.61. The first-order valence-corrected chi connectivity index (χ1v) is 7.69. The van der Waals surface area contributed by atoms with Crippen LogP contribution in [0.3, 0.4) is 0 Å². The van der Waals surface area contributed by atoms with Crippen molar-refractivity contribution in [3.05, 3.63) is 64.7 Å². The van der Waals surface area contributed by atoms with Crippen LogP contribution in [0.2, 0.25) is 5.02 Å². The molecule has 3 rings (SSSR count). The number of carbonyl (C=O) groups excluding carboxylic acids is 1. The highest BCUT2D eigenvalue weighted by atomic mass is 35.5. The molecule has 118 valence electrons. The highest BCUT2D eigenvalue weighted by Gasteiger charge is 2.15. The van der Waals surface area contributed by atoms with Gasteiger partial charge in [-0.25, -0.2) is 0 Å². The Hall–Kier alpha value is -2.46. The minimum absolute atomic E-state index is 0.181. The quantitative estimate of drug-likeness (QED) is 0.874. The second-order valence-corrected chi connectivity index (χ2v) is 5.48. The molecule has 0 saturated heterocycles. The summed E-state index contributed by atoms with van der Waals surface area (Å²) in [7, 11) is 0. The average Bonchev–Trinajstić information content (AvgIpc) is 2.58. The van der Waals surface area contributed by atoms with Crippen LogP contribution in [0, 0.1) is 0 Å². The Kier molecular flexibility index (Phi) is 4.83. The molecule has 23 heavy (non-hydrogen) atoms. The molecule has 0 spiro atoms. The molecule has 0 atom stereocenters. The maximum atomic E-state index is 11.9. The fourth-order valence-corrected chi connectivity index (χ4v) is 2.50. The maximum Gasteiger partial charge on any atom is 0.244 e. The zero-order valence-corrected chi connectivity index (χ0v) is 13.2. The van der Waals surface area contributed by atoms with E-state index in [1.807, 2.05) is 30.3 Å². The monoisotopic (exact) mass is 329 g/mol. The number of benzene rings is 2. The van der Waals surface area contributed by atoms with Crippen molar-refractivity contribution in [3.63, 3.8) is 0 Å². The summed E-state index contributed by atoms with van der Waals surface area (Å²) >= 11 is 5.91. The van der Waals surface area contributed by atoms with Crippen LogP contribution in [-0.4, -0.2) is 19.1 Å². The normalized spacial score (nSPS) is 13.1. The number of fused-ring (bicyclic) bond motifs is 1. The lowest BCUT2D eigenvalue weighted by Gasteiger charge is -2.20. The van der Waals surface area contributed by atoms with Crippen LogP contribution in [0.5, 0.6) is 11.5 Å². The molecule has 0 fully saturated rings. The van der Waals surface area contributed by atoms with Gasteiger partial charge in [-0.05, 0) is 29.8 Å². The predicted molar refractivity (Wildman–Crippen MR) is 89.8 cm³/mol. The molecule has 1 aliphatic rings. The van der Waals surface area contributed by atoms with E-state index in [2.05, 4.69) is 5.32 Å². The van der Waals surface area contributed by atoms with Gasteiger partial charge in [0.1, 0.15) is 13.2 Å². The summed E-state index contributed by atoms with van der Waals surface area (Å²) < 4.78 is 11.1. The van der Waals surface area contributed by atoms with Crippen molar-refractivity contribution in [2.45, 2.75) is 6.54 Å². The van der Waals surface area contributed by atoms with Gasteiger partial charge in [-0.15, -0.1) is 0 Å². The van der Waals surface area contributed by atoms with Crippen molar-refractivity contribution in [1.29, 1.82) is 0 Å². The molecular formula is C18H16ClNO3. The second kappa shape index (κ2) is 7.20. The summed E-state index contributed by atoms with van der Waals surface area (Å²) in [5.41, 5.74) is 1.77. The lowest BCUT2D eigenvalue weighted by molar-refractivity contribution is -0.116. The van der Waals surface area contributed by atoms with Crippen LogP contribution < -0.4 is 14.8 Å². The van der Waals surface area contributed by atoms with Crippen molar-refractivity contribution in [3.8, 4) is 11.5 Å². The predicted octanol–water partition coefficient (Wildman–Crippen LogP) is 3.44. The molecule has 1 heterocycles. The molecule has 1 amide bonds. The Morgan fingerprint density at radius 1 is 1.17 bits per heavy atom. The van der Waals surface area contributed by atoms with Crippen LogP contribution >= 0.6 is 11.6 Å². The van der Waals surface area contributed by atoms with Gasteiger partial charge < -0.3 is 14.8 Å². The van der Waals surface area contributed by atoms with Gasteiger partial charge in [0.15, 0.2) is 11.5 Å². The van der Waals surface area contributed by atoms with E-state index in [1.165, 1.54) is 6.08 Å². The molecule has 2 aromatic rings. The van der Waals surface area contributed by atoms with Gasteiger partial charge in [0.2, 0.25) is 5.91 Å². The van der Waals surface area contributed by atoms with Crippen molar-refractivity contribution in [1.82, 2.24) is 5.32 Å². The van der Waals surface area contributed by atoms with Gasteiger partial charge in [0, 0.05) is 23.2 Å². The SMILES string of the molecule is O=C(/C=C/c1cccc(Cl)c1)NCc1cccc2c1OCCO2. The highest BCUT2D eigenvalue weighted by Crippen LogP contribution is 2.33. The molecule has 1 N–H and O–H groups in total. The van der Waals surface area contributed by atoms with E-state index in [0.717, 1.165) is 16.9 Å². The molecule has 0 radical (unpaired) electrons. The Morgan fingerprint density at radius 2 is 2.00 bits per heavy atom. The molecule has 0 aliphatic carbocycles. The Morgan fingerprint density at radius 3 is 2.87 bits per heavy atom. The zero-order chi connectivity index (χ0) is 16.1. The molecular weight excluding hydrogens is 314 g/mol. The number of para-hydroxylation sites is 1. The minimum atomic E-state index is -0.181. The number of ether oxygens (including phenoxy) is 2. The standard InChI is InChI=1S/C18H16ClNO3/c19-15-5-1-3-13(11-15)7-8-17(21)20-12-14-4-2-6-16-18(14)23-10-9-22-16/h1-8,11H,9-10,12H2,(H,20,21)/b8-7+. The Labute approximate surface area is 139 Å². The first kappa shape index (κ1) is 15.4. The summed E-state index contributed by atoms with van der Waals surface area (Å²) in [5, 5.41) is 3.48. The van der Waals surface area contributed by atoms with Crippen LogP contribution in [-0.2, 0) is 11.3 Å². The topological polar surface area (TPSA) is 47.6 Å². The summed E-state index contributed by atoms with van der Waals surface area (Å²) in [6.45, 7) is 1.45. The third kappa shape index (κ3) is 4.05. The molecule has 2 aromatic carbocycles. The van der Waals surface area contributed by atoms with Gasteiger partial charge >= 0.3 is 0 Å². The number of nitrogens with one attached hydrogen (secondary N) is 1. The number of rotatable bonds is 4. The molecule has 5 heteroatoms. The van der Waals surface area contributed by atoms with Crippen molar-refractivity contribution in [2.75, 3.05) is 13.2 Å². The summed E-state index contributed by atoms with van der Waals surface area (Å²) in [6, 6.07) is 13.0. The molecule has 0 saturated carbocycles. The van der Waals surface area contributed by atoms with Crippen LogP contribution in [0.25, 0.3) is 6.08 Å². The van der Waals surface area contributed by atoms with Gasteiger partial charge in [-0.3, -0.25) is 4.79 Å². The second-order valence-electron chi connectivity index (χ2n) is 5.05. The van der Waals surface area contributed by atoms with E-state index in [0.29, 0.717) is 30.5 Å². The fraction of sp³-hybridized carbons (Fsp3) is 0.167. The van der Waals surface area contributed by atoms with E-state index >= 15 is 0 Å². The Balaban J connectivity index is 1.61. The average molecular weight is 330 g/mol. The summed E-state index contributed by atoms with van der Waals surface area (Å²) in [6.07, 6.45) is 3.21. The van der Waals surface area contributed by atoms with Gasteiger partial charge in [0.25, 0.3) is 0 Å². The third-order valence-electron chi connectivity index (χ3n) is 3.38. The summed E-state index contributed by atoms with van der Waals surface area (Å²) in [4.78, 5) is 11.9. The van der Waals surface area contributed by atoms with E-state index in [9.17, 15) is 4.79 Å². The van der Waals surface area contributed by atoms with E-state index < -0.39 is 0 Å². The van der Waals surface area contributed by atoms with Gasteiger partial charge in [0.05, 0.1) is 0 Å². The van der Waals surface area contributed by atoms with Gasteiger partial charge in [-0.2, -0.15) is 0 Å². The van der Waals surface area contributed by atoms with Crippen molar-refractivity contribution in [2.24, 2.45) is 0 Å². The smallest absolute Gasteiger partial charge is 0.244 e. The number of amides is 1. The van der Waals surface area contributed by atoms with E-state index in [4.69, 9.17) is 21.1 Å². The number of hydrogen-bond acceptors (Lipinski definition) is 3. The molecule has 4 nitrogen and oxygen atoms in total. The largest absolute Gasteiger partial charge is 0.486 e. The van der Waals surface area contributed by atoms with E-state index in [-0.39, 0.29) is 5.91 Å². The molecule has 1 aliphatic heterocycles. The van der Waals surface area contributed by atoms with Crippen LogP contribution in [0.15, 0.2) is 48.5 Å². The van der Waals surface area contributed by atoms with Crippen LogP contribution in [0.4, 0.5) is 0 Å². The minimum Gasteiger partial charge on any atom is -0.486 e. The lowest BCUT2D eigenvalue weighted by Crippen LogP contribution is -2.22. The van der Waals surface area contributed by atoms with Gasteiger partial charge in [-0.1, -0.05) is 35.9 Å². The first-order valence-electron chi connectivity index (χ1n) is 7.31. The van der Waals surface area contributed by atoms with E-state index in [1.54, 1.807) is 18.2 Å². The highest BCUT2D eigenvalue weighted by molar-refractivity contribution is 6.30. The van der Waals surface area contributed by atoms with Crippen molar-refractivity contribution >= 4 is 23.6 Å². The number of hydrogen-bond donors (Lipinski definition) is 1. The maximum absolute atomic E-state index is 11.9. The van der Waals surface area contributed by atoms with Crippen molar-refractivity contribution < 1.29 is 14.3 Å². The zero-order valence-electron chi connectivity index (χ0n) is 12.4. The molecule has 0 unspecified atom stereocenters. The number of halogens is 1. The van der Waals surface area contributed by atoms with Crippen LogP contribution in [0.1, 0.15) is 11.1 Å². The first-order chi connectivity index (χ1) is 11.2. The number of carbonyl (C=O) groups is 1. The summed E-state index contributed by atoms with van der Waals surface area (Å²) in [5.74, 6) is 1.25. The molecule has 0 aromatic heterocycles. The molecule has 0 bridgehead atoms. The Bertz CT molecular complexity index is 743. The lowest BCUT2D eigenvalue weighted by atomic mass is 10.1.